The number of hydrogen-bond donors (Lipinski definition) is 7. The summed E-state index contributed by atoms with van der Waals surface area (Å²) in [6.07, 6.45) is 1.73. The van der Waals surface area contributed by atoms with Crippen molar-refractivity contribution in [3.63, 3.8) is 0 Å². The number of nitrogens with zero attached hydrogens (tertiary/aromatic N) is 8. The molecule has 57 heavy (non-hydrogen) atoms. The maximum atomic E-state index is 13.3. The van der Waals surface area contributed by atoms with E-state index >= 15 is 0 Å². The van der Waals surface area contributed by atoms with Gasteiger partial charge in [-0.15, -0.1) is 23.2 Å². The van der Waals surface area contributed by atoms with Gasteiger partial charge in [0.05, 0.1) is 11.5 Å². The smallest absolute Gasteiger partial charge is 0.275 e. The number of carbonyl (C=O) groups excluding carboxylic acids is 5. The summed E-state index contributed by atoms with van der Waals surface area (Å²) >= 11 is 11.8. The summed E-state index contributed by atoms with van der Waals surface area (Å²) in [5.41, 5.74) is 7.45. The third-order valence-corrected chi connectivity index (χ3v) is 8.78. The number of aromatic nitrogens is 7. The van der Waals surface area contributed by atoms with Crippen molar-refractivity contribution in [3.8, 4) is 0 Å². The van der Waals surface area contributed by atoms with Crippen LogP contribution in [0.15, 0.2) is 54.7 Å². The molecule has 0 atom stereocenters. The number of aryl methyl sites for hydroxylation is 4. The first-order valence-electron chi connectivity index (χ1n) is 17.3. The molecule has 0 aliphatic carbocycles. The van der Waals surface area contributed by atoms with E-state index in [0.29, 0.717) is 36.1 Å². The Bertz CT molecular complexity index is 2300. The first-order valence-corrected chi connectivity index (χ1v) is 18.4. The number of benzene rings is 1. The van der Waals surface area contributed by atoms with E-state index in [0.717, 1.165) is 5.69 Å². The molecule has 0 fully saturated rings. The number of rotatable bonds is 17. The highest BCUT2D eigenvalue weighted by Gasteiger charge is 2.22. The summed E-state index contributed by atoms with van der Waals surface area (Å²) in [6.45, 7) is 1.39. The lowest BCUT2D eigenvalue weighted by Crippen LogP contribution is -2.29. The normalized spacial score (nSPS) is 10.8. The van der Waals surface area contributed by atoms with E-state index in [4.69, 9.17) is 34.3 Å². The summed E-state index contributed by atoms with van der Waals surface area (Å²) in [4.78, 5) is 67.0. The summed E-state index contributed by atoms with van der Waals surface area (Å²) in [7, 11) is 6.22. The Labute approximate surface area is 336 Å². The van der Waals surface area contributed by atoms with Gasteiger partial charge in [0.1, 0.15) is 22.8 Å². The third kappa shape index (κ3) is 10.3. The molecule has 0 spiro atoms. The molecule has 0 saturated carbocycles. The summed E-state index contributed by atoms with van der Waals surface area (Å²) in [6, 6.07) is 12.6. The maximum Gasteiger partial charge on any atom is 0.275 e. The quantitative estimate of drug-likeness (QED) is 0.0410. The number of nitrogens with one attached hydrogen (secondary N) is 6. The molecule has 4 aromatic heterocycles. The number of nitrogens with two attached hydrogens (primary N) is 1. The number of hydrogen-bond acceptors (Lipinski definition) is 10. The van der Waals surface area contributed by atoms with Crippen LogP contribution in [0.1, 0.15) is 58.7 Å². The van der Waals surface area contributed by atoms with Crippen molar-refractivity contribution in [3.05, 3.63) is 83.1 Å². The van der Waals surface area contributed by atoms with Crippen molar-refractivity contribution in [1.29, 1.82) is 5.41 Å². The minimum Gasteiger partial charge on any atom is -0.388 e. The van der Waals surface area contributed by atoms with Crippen LogP contribution in [0, 0.1) is 5.41 Å². The van der Waals surface area contributed by atoms with Crippen molar-refractivity contribution in [2.45, 2.75) is 6.42 Å². The molecule has 0 aliphatic rings. The van der Waals surface area contributed by atoms with E-state index in [2.05, 4.69) is 41.9 Å². The lowest BCUT2D eigenvalue weighted by atomic mass is 10.2. The fourth-order valence-electron chi connectivity index (χ4n) is 5.62. The van der Waals surface area contributed by atoms with Crippen LogP contribution in [0.4, 0.5) is 28.8 Å². The van der Waals surface area contributed by atoms with Gasteiger partial charge in [0.2, 0.25) is 0 Å². The Morgan fingerprint density at radius 3 is 1.61 bits per heavy atom. The molecule has 0 radical (unpaired) electrons. The van der Waals surface area contributed by atoms with Gasteiger partial charge in [0.15, 0.2) is 17.5 Å². The molecule has 8 N–H and O–H groups in total. The fraction of sp³-hybridized carbons (Fsp3) is 0.286. The molecule has 0 saturated heterocycles. The van der Waals surface area contributed by atoms with E-state index in [9.17, 15) is 24.0 Å². The minimum absolute atomic E-state index is 0.0594. The highest BCUT2D eigenvalue weighted by molar-refractivity contribution is 6.18. The Kier molecular flexibility index (Phi) is 13.3. The topological polar surface area (TPSA) is 257 Å². The van der Waals surface area contributed by atoms with E-state index in [1.165, 1.54) is 56.1 Å². The van der Waals surface area contributed by atoms with Gasteiger partial charge >= 0.3 is 0 Å². The van der Waals surface area contributed by atoms with Crippen LogP contribution in [0.2, 0.25) is 0 Å². The van der Waals surface area contributed by atoms with Crippen molar-refractivity contribution >= 4 is 87.4 Å². The van der Waals surface area contributed by atoms with E-state index in [1.54, 1.807) is 45.4 Å². The second-order valence-corrected chi connectivity index (χ2v) is 13.4. The molecule has 5 aromatic rings. The molecule has 5 rings (SSSR count). The van der Waals surface area contributed by atoms with E-state index in [1.807, 2.05) is 4.90 Å². The number of carbonyl (C=O) groups is 5. The van der Waals surface area contributed by atoms with Crippen LogP contribution in [0.5, 0.6) is 0 Å². The second-order valence-electron chi connectivity index (χ2n) is 12.6. The van der Waals surface area contributed by atoms with Gasteiger partial charge in [0.25, 0.3) is 29.5 Å². The predicted molar refractivity (Wildman–Crippen MR) is 216 cm³/mol. The fourth-order valence-corrected chi connectivity index (χ4v) is 6.03. The zero-order chi connectivity index (χ0) is 41.4. The minimum atomic E-state index is -0.592. The summed E-state index contributed by atoms with van der Waals surface area (Å²) in [5.74, 6) is -1.44. The Hall–Kier alpha value is -6.67. The van der Waals surface area contributed by atoms with Crippen LogP contribution in [-0.4, -0.2) is 101 Å². The lowest BCUT2D eigenvalue weighted by molar-refractivity contribution is 0.0942. The van der Waals surface area contributed by atoms with Crippen LogP contribution >= 0.6 is 23.2 Å². The lowest BCUT2D eigenvalue weighted by Gasteiger charge is -2.22. The highest BCUT2D eigenvalue weighted by atomic mass is 35.5. The number of amides is 5. The van der Waals surface area contributed by atoms with Crippen molar-refractivity contribution in [1.82, 2.24) is 39.2 Å². The van der Waals surface area contributed by atoms with Crippen molar-refractivity contribution in [2.75, 3.05) is 57.6 Å². The molecule has 4 heterocycles. The molecule has 22 heteroatoms. The molecule has 0 aliphatic heterocycles. The van der Waals surface area contributed by atoms with E-state index in [-0.39, 0.29) is 59.0 Å². The first-order chi connectivity index (χ1) is 27.2. The number of alkyl halides is 2. The number of anilines is 5. The standard InChI is InChI=1S/C35H41Cl2N15O5/c1-48-19-21(15-23(48)33(55)43-29-16-24(49(2)46-29)32(54)40-12-9-27(38)39)41-34(56)25-17-30(47-50(25)3)44-35(57)26-18-28(45-51(26)4)42-31(53)20-5-7-22(8-6-20)52(13-10-36)14-11-37/h5-8,15-19H,9-14H2,1-4H3,(H3,38,39)(H,40,54)(H,41,56)(H,42,45,53)(H,43,46,55)(H,44,47,57). The number of amidine groups is 1. The second kappa shape index (κ2) is 18.3. The average molecular weight is 823 g/mol. The van der Waals surface area contributed by atoms with Crippen molar-refractivity contribution < 1.29 is 24.0 Å². The van der Waals surface area contributed by atoms with Gasteiger partial charge in [-0.1, -0.05) is 0 Å². The zero-order valence-corrected chi connectivity index (χ0v) is 32.9. The number of halogens is 2. The highest BCUT2D eigenvalue weighted by Crippen LogP contribution is 2.20. The van der Waals surface area contributed by atoms with Crippen LogP contribution < -0.4 is 37.2 Å². The van der Waals surface area contributed by atoms with Gasteiger partial charge in [0, 0.05) is 102 Å². The molecule has 1 aromatic carbocycles. The van der Waals surface area contributed by atoms with Crippen molar-refractivity contribution in [2.24, 2.45) is 33.9 Å². The molecule has 300 valence electrons. The van der Waals surface area contributed by atoms with Crippen LogP contribution in [-0.2, 0) is 28.2 Å². The molecular formula is C35H41Cl2N15O5. The molecule has 0 unspecified atom stereocenters. The SMILES string of the molecule is Cn1cc(NC(=O)c2cc(NC(=O)c3cc(NC(=O)c4ccc(N(CCCl)CCCl)cc4)nn3C)nn2C)cc1C(=O)Nc1cc(C(=O)NCCC(=N)N)n(C)n1. The van der Waals surface area contributed by atoms with Gasteiger partial charge in [-0.25, -0.2) is 0 Å². The van der Waals surface area contributed by atoms with Gasteiger partial charge in [-0.3, -0.25) is 43.4 Å². The summed E-state index contributed by atoms with van der Waals surface area (Å²) in [5, 5.41) is 33.2. The Morgan fingerprint density at radius 2 is 1.12 bits per heavy atom. The monoisotopic (exact) mass is 821 g/mol. The molecule has 20 nitrogen and oxygen atoms in total. The third-order valence-electron chi connectivity index (χ3n) is 8.44. The first kappa shape index (κ1) is 41.5. The Morgan fingerprint density at radius 1 is 0.667 bits per heavy atom. The van der Waals surface area contributed by atoms with Crippen LogP contribution in [0.25, 0.3) is 0 Å². The molecular weight excluding hydrogens is 781 g/mol. The van der Waals surface area contributed by atoms with E-state index < -0.39 is 29.5 Å². The van der Waals surface area contributed by atoms with Gasteiger partial charge in [-0.2, -0.15) is 15.3 Å². The van der Waals surface area contributed by atoms with Crippen LogP contribution in [0.3, 0.4) is 0 Å². The predicted octanol–water partition coefficient (Wildman–Crippen LogP) is 2.57. The average Bonchev–Trinajstić information content (AvgIpc) is 3.92. The Balaban J connectivity index is 1.17. The molecule has 5 amide bonds. The largest absolute Gasteiger partial charge is 0.388 e. The van der Waals surface area contributed by atoms with Gasteiger partial charge in [-0.05, 0) is 30.3 Å². The van der Waals surface area contributed by atoms with Gasteiger partial charge < -0.3 is 41.8 Å². The molecule has 0 bridgehead atoms. The maximum absolute atomic E-state index is 13.3. The summed E-state index contributed by atoms with van der Waals surface area (Å²) < 4.78 is 5.38. The zero-order valence-electron chi connectivity index (χ0n) is 31.4.